The van der Waals surface area contributed by atoms with Crippen LogP contribution in [0.25, 0.3) is 22.0 Å². The number of hydrogen-bond acceptors (Lipinski definition) is 4. The van der Waals surface area contributed by atoms with Crippen LogP contribution in [0.15, 0.2) is 54.1 Å². The Kier molecular flexibility index (Phi) is 4.43. The van der Waals surface area contributed by atoms with Crippen LogP contribution in [0.3, 0.4) is 0 Å². The van der Waals surface area contributed by atoms with Gasteiger partial charge in [-0.2, -0.15) is 0 Å². The average Bonchev–Trinajstić information content (AvgIpc) is 3.52. The Morgan fingerprint density at radius 2 is 2.18 bits per heavy atom. The molecule has 1 fully saturated rings. The number of carboxylic acids is 1. The molecule has 3 aromatic rings. The number of benzene rings is 1. The Labute approximate surface area is 160 Å². The highest BCUT2D eigenvalue weighted by atomic mass is 19.1. The maximum absolute atomic E-state index is 14.8. The second-order valence-electron chi connectivity index (χ2n) is 6.77. The average molecular weight is 379 g/mol. The molecule has 0 bridgehead atoms. The van der Waals surface area contributed by atoms with Gasteiger partial charge in [-0.3, -0.25) is 4.79 Å². The van der Waals surface area contributed by atoms with E-state index < -0.39 is 17.2 Å². The van der Waals surface area contributed by atoms with Gasteiger partial charge in [-0.25, -0.2) is 14.2 Å². The fraction of sp³-hybridized carbons (Fsp3) is 0.190. The second kappa shape index (κ2) is 6.92. The minimum absolute atomic E-state index is 0.0743. The number of anilines is 1. The molecular formula is C21H18FN3O3. The van der Waals surface area contributed by atoms with Gasteiger partial charge < -0.3 is 15.0 Å². The summed E-state index contributed by atoms with van der Waals surface area (Å²) >= 11 is 0. The van der Waals surface area contributed by atoms with Gasteiger partial charge in [0.05, 0.1) is 5.52 Å². The molecule has 0 spiro atoms. The summed E-state index contributed by atoms with van der Waals surface area (Å²) in [5.41, 5.74) is 0.397. The zero-order valence-corrected chi connectivity index (χ0v) is 15.0. The van der Waals surface area contributed by atoms with Crippen LogP contribution < -0.4 is 10.7 Å². The van der Waals surface area contributed by atoms with Crippen LogP contribution in [-0.4, -0.2) is 27.2 Å². The van der Waals surface area contributed by atoms with Crippen LogP contribution in [-0.2, 0) is 0 Å². The van der Waals surface area contributed by atoms with Gasteiger partial charge in [0.15, 0.2) is 0 Å². The molecule has 0 atom stereocenters. The number of hydrogen-bond donors (Lipinski definition) is 2. The first-order valence-electron chi connectivity index (χ1n) is 8.92. The van der Waals surface area contributed by atoms with Crippen molar-refractivity contribution in [2.45, 2.75) is 18.9 Å². The molecule has 0 aliphatic heterocycles. The van der Waals surface area contributed by atoms with Gasteiger partial charge in [0.2, 0.25) is 5.43 Å². The molecule has 6 nitrogen and oxygen atoms in total. The van der Waals surface area contributed by atoms with Crippen molar-refractivity contribution < 1.29 is 14.3 Å². The maximum Gasteiger partial charge on any atom is 0.341 e. The minimum Gasteiger partial charge on any atom is -0.477 e. The molecule has 0 radical (unpaired) electrons. The Bertz CT molecular complexity index is 1150. The van der Waals surface area contributed by atoms with Crippen molar-refractivity contribution in [3.63, 3.8) is 0 Å². The molecule has 7 heteroatoms. The number of aromatic nitrogens is 2. The van der Waals surface area contributed by atoms with Crippen molar-refractivity contribution >= 4 is 22.7 Å². The smallest absolute Gasteiger partial charge is 0.341 e. The van der Waals surface area contributed by atoms with Crippen molar-refractivity contribution in [2.24, 2.45) is 0 Å². The van der Waals surface area contributed by atoms with Crippen molar-refractivity contribution in [1.29, 1.82) is 0 Å². The van der Waals surface area contributed by atoms with Gasteiger partial charge in [-0.05, 0) is 37.1 Å². The highest BCUT2D eigenvalue weighted by Crippen LogP contribution is 2.38. The van der Waals surface area contributed by atoms with Crippen LogP contribution in [0.2, 0.25) is 0 Å². The number of halogens is 1. The molecule has 1 aliphatic carbocycles. The fourth-order valence-electron chi connectivity index (χ4n) is 3.23. The molecule has 1 saturated carbocycles. The van der Waals surface area contributed by atoms with E-state index in [1.807, 2.05) is 0 Å². The molecule has 2 aromatic heterocycles. The molecule has 1 aliphatic rings. The van der Waals surface area contributed by atoms with Crippen molar-refractivity contribution in [3.8, 4) is 11.1 Å². The number of carbonyl (C=O) groups is 1. The van der Waals surface area contributed by atoms with Gasteiger partial charge in [-0.15, -0.1) is 6.58 Å². The van der Waals surface area contributed by atoms with E-state index in [1.165, 1.54) is 6.20 Å². The predicted octanol–water partition coefficient (Wildman–Crippen LogP) is 3.83. The highest BCUT2D eigenvalue weighted by Gasteiger charge is 2.27. The summed E-state index contributed by atoms with van der Waals surface area (Å²) in [5.74, 6) is -1.26. The number of carboxylic acid groups (broad SMARTS) is 1. The second-order valence-corrected chi connectivity index (χ2v) is 6.77. The molecule has 1 aromatic carbocycles. The summed E-state index contributed by atoms with van der Waals surface area (Å²) in [7, 11) is 0. The Hall–Kier alpha value is -3.48. The first kappa shape index (κ1) is 17.9. The monoisotopic (exact) mass is 379 g/mol. The Balaban J connectivity index is 1.87. The van der Waals surface area contributed by atoms with Gasteiger partial charge >= 0.3 is 5.97 Å². The first-order chi connectivity index (χ1) is 13.5. The minimum atomic E-state index is -1.31. The molecule has 0 amide bonds. The summed E-state index contributed by atoms with van der Waals surface area (Å²) in [4.78, 5) is 28.2. The standard InChI is InChI=1S/C21H18FN3O3/c1-2-7-23-19-6-3-12(10-24-19)14-9-18-15(8-17(14)22)20(26)16(21(27)28)11-25(18)13-4-5-13/h2-3,6,8-11,13H,1,4-5,7H2,(H,23,24)(H,27,28). The van der Waals surface area contributed by atoms with E-state index in [2.05, 4.69) is 16.9 Å². The molecule has 2 heterocycles. The quantitative estimate of drug-likeness (QED) is 0.636. The molecule has 28 heavy (non-hydrogen) atoms. The predicted molar refractivity (Wildman–Crippen MR) is 105 cm³/mol. The largest absolute Gasteiger partial charge is 0.477 e. The summed E-state index contributed by atoms with van der Waals surface area (Å²) in [6.45, 7) is 4.19. The van der Waals surface area contributed by atoms with Gasteiger partial charge in [0, 0.05) is 41.5 Å². The lowest BCUT2D eigenvalue weighted by Crippen LogP contribution is -2.19. The molecular weight excluding hydrogens is 361 g/mol. The number of nitrogens with one attached hydrogen (secondary N) is 1. The van der Waals surface area contributed by atoms with Gasteiger partial charge in [0.25, 0.3) is 0 Å². The number of pyridine rings is 2. The van der Waals surface area contributed by atoms with E-state index in [9.17, 15) is 19.1 Å². The third-order valence-electron chi connectivity index (χ3n) is 4.79. The van der Waals surface area contributed by atoms with Crippen molar-refractivity contribution in [3.05, 3.63) is 70.9 Å². The van der Waals surface area contributed by atoms with E-state index in [1.54, 1.807) is 35.0 Å². The highest BCUT2D eigenvalue weighted by molar-refractivity contribution is 5.94. The summed E-state index contributed by atoms with van der Waals surface area (Å²) in [5, 5.41) is 12.4. The normalized spacial score (nSPS) is 13.5. The number of rotatable bonds is 6. The van der Waals surface area contributed by atoms with E-state index in [4.69, 9.17) is 0 Å². The number of fused-ring (bicyclic) bond motifs is 1. The SMILES string of the molecule is C=CCNc1ccc(-c2cc3c(cc2F)c(=O)c(C(=O)O)cn3C2CC2)cn1. The van der Waals surface area contributed by atoms with Crippen molar-refractivity contribution in [1.82, 2.24) is 9.55 Å². The van der Waals surface area contributed by atoms with E-state index in [-0.39, 0.29) is 17.0 Å². The molecule has 142 valence electrons. The molecule has 0 unspecified atom stereocenters. The van der Waals surface area contributed by atoms with E-state index in [0.29, 0.717) is 29.0 Å². The fourth-order valence-corrected chi connectivity index (χ4v) is 3.23. The van der Waals surface area contributed by atoms with Gasteiger partial charge in [0.1, 0.15) is 17.2 Å². The van der Waals surface area contributed by atoms with Crippen LogP contribution in [0.1, 0.15) is 29.2 Å². The summed E-state index contributed by atoms with van der Waals surface area (Å²) < 4.78 is 16.6. The molecule has 4 rings (SSSR count). The molecule has 2 N–H and O–H groups in total. The zero-order chi connectivity index (χ0) is 19.8. The summed E-state index contributed by atoms with van der Waals surface area (Å²) in [6.07, 6.45) is 6.43. The zero-order valence-electron chi connectivity index (χ0n) is 15.0. The molecule has 0 saturated heterocycles. The summed E-state index contributed by atoms with van der Waals surface area (Å²) in [6, 6.07) is 6.34. The topological polar surface area (TPSA) is 84.2 Å². The Morgan fingerprint density at radius 3 is 2.79 bits per heavy atom. The number of nitrogens with zero attached hydrogens (tertiary/aromatic N) is 2. The van der Waals surface area contributed by atoms with Crippen LogP contribution in [0.4, 0.5) is 10.2 Å². The number of aromatic carboxylic acids is 1. The lowest BCUT2D eigenvalue weighted by Gasteiger charge is -2.14. The van der Waals surface area contributed by atoms with Crippen LogP contribution in [0, 0.1) is 5.82 Å². The van der Waals surface area contributed by atoms with Gasteiger partial charge in [-0.1, -0.05) is 6.08 Å². The Morgan fingerprint density at radius 1 is 1.39 bits per heavy atom. The van der Waals surface area contributed by atoms with Crippen LogP contribution in [0.5, 0.6) is 0 Å². The third kappa shape index (κ3) is 3.15. The first-order valence-corrected chi connectivity index (χ1v) is 8.92. The third-order valence-corrected chi connectivity index (χ3v) is 4.79. The van der Waals surface area contributed by atoms with E-state index >= 15 is 0 Å². The lowest BCUT2D eigenvalue weighted by atomic mass is 10.0. The van der Waals surface area contributed by atoms with E-state index in [0.717, 1.165) is 18.9 Å². The lowest BCUT2D eigenvalue weighted by molar-refractivity contribution is 0.0695. The van der Waals surface area contributed by atoms with Crippen molar-refractivity contribution in [2.75, 3.05) is 11.9 Å². The van der Waals surface area contributed by atoms with Crippen LogP contribution >= 0.6 is 0 Å². The maximum atomic E-state index is 14.8.